The molecule has 0 saturated heterocycles. The van der Waals surface area contributed by atoms with Crippen molar-refractivity contribution in [1.29, 1.82) is 0 Å². The summed E-state index contributed by atoms with van der Waals surface area (Å²) in [5.41, 5.74) is 1.72. The molecule has 4 aromatic rings. The Hall–Kier alpha value is -3.26. The van der Waals surface area contributed by atoms with E-state index < -0.39 is 0 Å². The molecule has 27 heavy (non-hydrogen) atoms. The molecule has 136 valence electrons. The molecule has 0 aliphatic heterocycles. The van der Waals surface area contributed by atoms with Crippen LogP contribution in [0.1, 0.15) is 21.8 Å². The molecule has 0 aliphatic rings. The van der Waals surface area contributed by atoms with E-state index in [4.69, 9.17) is 4.52 Å². The van der Waals surface area contributed by atoms with E-state index in [1.54, 1.807) is 35.8 Å². The van der Waals surface area contributed by atoms with Crippen LogP contribution in [0.15, 0.2) is 65.0 Å². The number of carbonyl (C=O) groups excluding carboxylic acids is 1. The summed E-state index contributed by atoms with van der Waals surface area (Å²) in [5.74, 6) is 0.857. The first-order chi connectivity index (χ1) is 13.2. The minimum atomic E-state index is -0.0972. The molecular weight excluding hydrogens is 362 g/mol. The topological polar surface area (TPSA) is 77.0 Å². The van der Waals surface area contributed by atoms with Gasteiger partial charge in [-0.2, -0.15) is 4.98 Å². The summed E-state index contributed by atoms with van der Waals surface area (Å²) in [6.07, 6.45) is 5.41. The molecule has 0 atom stereocenters. The molecular formula is C19H17N5O2S. The molecule has 0 unspecified atom stereocenters. The van der Waals surface area contributed by atoms with Gasteiger partial charge in [-0.25, -0.2) is 4.98 Å². The average Bonchev–Trinajstić information content (AvgIpc) is 3.44. The highest BCUT2D eigenvalue weighted by atomic mass is 32.1. The molecule has 8 heteroatoms. The minimum Gasteiger partial charge on any atom is -0.337 e. The number of amides is 1. The van der Waals surface area contributed by atoms with Gasteiger partial charge in [0, 0.05) is 31.5 Å². The van der Waals surface area contributed by atoms with Crippen molar-refractivity contribution in [2.75, 3.05) is 7.05 Å². The van der Waals surface area contributed by atoms with E-state index in [0.717, 1.165) is 17.0 Å². The normalized spacial score (nSPS) is 10.9. The Bertz CT molecular complexity index is 1010. The van der Waals surface area contributed by atoms with E-state index in [1.165, 1.54) is 0 Å². The van der Waals surface area contributed by atoms with Gasteiger partial charge in [0.2, 0.25) is 11.7 Å². The van der Waals surface area contributed by atoms with Gasteiger partial charge in [-0.15, -0.1) is 11.3 Å². The van der Waals surface area contributed by atoms with Crippen molar-refractivity contribution in [1.82, 2.24) is 24.6 Å². The van der Waals surface area contributed by atoms with Crippen LogP contribution in [0.4, 0.5) is 0 Å². The first kappa shape index (κ1) is 17.2. The van der Waals surface area contributed by atoms with Crippen molar-refractivity contribution in [2.45, 2.75) is 13.1 Å². The Morgan fingerprint density at radius 2 is 2.11 bits per heavy atom. The fraction of sp³-hybridized carbons (Fsp3) is 0.158. The van der Waals surface area contributed by atoms with Crippen molar-refractivity contribution < 1.29 is 9.32 Å². The summed E-state index contributed by atoms with van der Waals surface area (Å²) < 4.78 is 7.24. The smallest absolute Gasteiger partial charge is 0.254 e. The first-order valence-electron chi connectivity index (χ1n) is 8.35. The van der Waals surface area contributed by atoms with Gasteiger partial charge in [0.15, 0.2) is 0 Å². The van der Waals surface area contributed by atoms with Crippen molar-refractivity contribution in [3.63, 3.8) is 0 Å². The molecule has 0 aliphatic carbocycles. The van der Waals surface area contributed by atoms with E-state index in [-0.39, 0.29) is 12.5 Å². The van der Waals surface area contributed by atoms with Gasteiger partial charge in [-0.05, 0) is 29.1 Å². The van der Waals surface area contributed by atoms with Crippen molar-refractivity contribution >= 4 is 17.2 Å². The molecule has 4 rings (SSSR count). The molecule has 0 spiro atoms. The number of rotatable bonds is 6. The van der Waals surface area contributed by atoms with Crippen LogP contribution < -0.4 is 0 Å². The van der Waals surface area contributed by atoms with E-state index in [9.17, 15) is 4.79 Å². The molecule has 0 fully saturated rings. The zero-order chi connectivity index (χ0) is 18.6. The van der Waals surface area contributed by atoms with Crippen LogP contribution in [-0.2, 0) is 13.1 Å². The first-order valence-corrected chi connectivity index (χ1v) is 9.23. The Morgan fingerprint density at radius 3 is 2.81 bits per heavy atom. The SMILES string of the molecule is CN(Cc1nc(-c2cccs2)no1)C(=O)c1ccc(Cn2ccnc2)cc1. The third kappa shape index (κ3) is 3.95. The number of hydrogen-bond donors (Lipinski definition) is 0. The minimum absolute atomic E-state index is 0.0972. The van der Waals surface area contributed by atoms with Gasteiger partial charge in [0.05, 0.1) is 17.7 Å². The standard InChI is InChI=1S/C19H17N5O2S/c1-23(12-17-21-18(22-26-17)16-3-2-10-27-16)19(25)15-6-4-14(5-7-15)11-24-9-8-20-13-24/h2-10,13H,11-12H2,1H3. The Labute approximate surface area is 159 Å². The Morgan fingerprint density at radius 1 is 1.26 bits per heavy atom. The van der Waals surface area contributed by atoms with E-state index >= 15 is 0 Å². The summed E-state index contributed by atoms with van der Waals surface area (Å²) in [6, 6.07) is 11.4. The number of nitrogens with zero attached hydrogens (tertiary/aromatic N) is 5. The summed E-state index contributed by atoms with van der Waals surface area (Å²) in [6.45, 7) is 0.978. The van der Waals surface area contributed by atoms with E-state index in [0.29, 0.717) is 17.3 Å². The molecule has 1 aromatic carbocycles. The predicted molar refractivity (Wildman–Crippen MR) is 101 cm³/mol. The number of aromatic nitrogens is 4. The van der Waals surface area contributed by atoms with Crippen LogP contribution in [0.25, 0.3) is 10.7 Å². The highest BCUT2D eigenvalue weighted by molar-refractivity contribution is 7.13. The quantitative estimate of drug-likeness (QED) is 0.514. The second-order valence-corrected chi connectivity index (χ2v) is 7.03. The third-order valence-electron chi connectivity index (χ3n) is 4.05. The largest absolute Gasteiger partial charge is 0.337 e. The van der Waals surface area contributed by atoms with Gasteiger partial charge in [-0.3, -0.25) is 4.79 Å². The average molecular weight is 379 g/mol. The van der Waals surface area contributed by atoms with Gasteiger partial charge in [-0.1, -0.05) is 23.4 Å². The molecule has 0 bridgehead atoms. The number of benzene rings is 1. The molecule has 0 N–H and O–H groups in total. The van der Waals surface area contributed by atoms with Crippen LogP contribution in [0.5, 0.6) is 0 Å². The van der Waals surface area contributed by atoms with Crippen LogP contribution >= 0.6 is 11.3 Å². The summed E-state index contributed by atoms with van der Waals surface area (Å²) >= 11 is 1.54. The highest BCUT2D eigenvalue weighted by Gasteiger charge is 2.16. The predicted octanol–water partition coefficient (Wildman–Crippen LogP) is 3.32. The molecule has 7 nitrogen and oxygen atoms in total. The Kier molecular flexibility index (Phi) is 4.80. The fourth-order valence-corrected chi connectivity index (χ4v) is 3.31. The van der Waals surface area contributed by atoms with E-state index in [2.05, 4.69) is 15.1 Å². The lowest BCUT2D eigenvalue weighted by Crippen LogP contribution is -2.26. The summed E-state index contributed by atoms with van der Waals surface area (Å²) in [5, 5.41) is 5.93. The zero-order valence-electron chi connectivity index (χ0n) is 14.6. The van der Waals surface area contributed by atoms with Crippen molar-refractivity contribution in [3.8, 4) is 10.7 Å². The van der Waals surface area contributed by atoms with Crippen molar-refractivity contribution in [2.24, 2.45) is 0 Å². The summed E-state index contributed by atoms with van der Waals surface area (Å²) in [7, 11) is 1.72. The number of hydrogen-bond acceptors (Lipinski definition) is 6. The number of thiophene rings is 1. The lowest BCUT2D eigenvalue weighted by Gasteiger charge is -2.15. The van der Waals surface area contributed by atoms with Crippen LogP contribution in [0, 0.1) is 0 Å². The second kappa shape index (κ2) is 7.55. The maximum atomic E-state index is 12.6. The maximum absolute atomic E-state index is 12.6. The van der Waals surface area contributed by atoms with Gasteiger partial charge in [0.1, 0.15) is 0 Å². The van der Waals surface area contributed by atoms with Gasteiger partial charge < -0.3 is 14.0 Å². The van der Waals surface area contributed by atoms with Crippen molar-refractivity contribution in [3.05, 3.63) is 77.5 Å². The van der Waals surface area contributed by atoms with Crippen LogP contribution in [0.3, 0.4) is 0 Å². The lowest BCUT2D eigenvalue weighted by molar-refractivity contribution is 0.0769. The lowest BCUT2D eigenvalue weighted by atomic mass is 10.1. The molecule has 0 saturated carbocycles. The van der Waals surface area contributed by atoms with Gasteiger partial charge >= 0.3 is 0 Å². The zero-order valence-corrected chi connectivity index (χ0v) is 15.5. The molecule has 1 amide bonds. The Balaban J connectivity index is 1.40. The summed E-state index contributed by atoms with van der Waals surface area (Å²) in [4.78, 5) is 23.5. The van der Waals surface area contributed by atoms with E-state index in [1.807, 2.05) is 52.5 Å². The molecule has 3 aromatic heterocycles. The van der Waals surface area contributed by atoms with Crippen LogP contribution in [0.2, 0.25) is 0 Å². The van der Waals surface area contributed by atoms with Gasteiger partial charge in [0.25, 0.3) is 5.91 Å². The highest BCUT2D eigenvalue weighted by Crippen LogP contribution is 2.21. The van der Waals surface area contributed by atoms with Crippen LogP contribution in [-0.4, -0.2) is 37.5 Å². The maximum Gasteiger partial charge on any atom is 0.254 e. The second-order valence-electron chi connectivity index (χ2n) is 6.08. The fourth-order valence-electron chi connectivity index (χ4n) is 2.66. The number of carbonyl (C=O) groups is 1. The monoisotopic (exact) mass is 379 g/mol. The number of imidazole rings is 1. The molecule has 3 heterocycles. The molecule has 0 radical (unpaired) electrons. The third-order valence-corrected chi connectivity index (χ3v) is 4.92.